The minimum Gasteiger partial charge on any atom is -0.482 e. The maximum atomic E-state index is 12.8. The van der Waals surface area contributed by atoms with Crippen molar-refractivity contribution in [2.75, 3.05) is 13.7 Å². The molecule has 0 aliphatic carbocycles. The molecule has 1 unspecified atom stereocenters. The second-order valence-electron chi connectivity index (χ2n) is 9.19. The number of thiophene rings is 1. The van der Waals surface area contributed by atoms with Gasteiger partial charge in [0.1, 0.15) is 5.75 Å². The van der Waals surface area contributed by atoms with E-state index in [-0.39, 0.29) is 18.6 Å². The van der Waals surface area contributed by atoms with E-state index in [0.717, 1.165) is 46.5 Å². The Morgan fingerprint density at radius 2 is 2.06 bits per heavy atom. The molecule has 0 radical (unpaired) electrons. The van der Waals surface area contributed by atoms with Crippen LogP contribution in [-0.4, -0.2) is 47.7 Å². The Labute approximate surface area is 220 Å². The Kier molecular flexibility index (Phi) is 9.24. The quantitative estimate of drug-likeness (QED) is 0.319. The van der Waals surface area contributed by atoms with E-state index in [0.29, 0.717) is 31.6 Å². The predicted molar refractivity (Wildman–Crippen MR) is 143 cm³/mol. The lowest BCUT2D eigenvalue weighted by molar-refractivity contribution is -0.143. The molecule has 1 saturated heterocycles. The van der Waals surface area contributed by atoms with Crippen molar-refractivity contribution in [1.29, 1.82) is 0 Å². The van der Waals surface area contributed by atoms with E-state index in [1.807, 2.05) is 41.3 Å². The maximum Gasteiger partial charge on any atom is 0.343 e. The fraction of sp³-hybridized carbons (Fsp3) is 0.429. The van der Waals surface area contributed by atoms with Crippen LogP contribution < -0.4 is 4.74 Å². The zero-order valence-corrected chi connectivity index (χ0v) is 22.0. The van der Waals surface area contributed by atoms with Crippen LogP contribution in [0.2, 0.25) is 5.02 Å². The molecule has 2 atom stereocenters. The lowest BCUT2D eigenvalue weighted by Crippen LogP contribution is -2.43. The molecule has 8 heteroatoms. The van der Waals surface area contributed by atoms with Crippen LogP contribution in [0.3, 0.4) is 0 Å². The van der Waals surface area contributed by atoms with Crippen LogP contribution in [0.15, 0.2) is 48.5 Å². The van der Waals surface area contributed by atoms with Crippen molar-refractivity contribution in [3.05, 3.63) is 64.0 Å². The van der Waals surface area contributed by atoms with Crippen LogP contribution in [0.25, 0.3) is 10.1 Å². The first-order valence-electron chi connectivity index (χ1n) is 12.4. The van der Waals surface area contributed by atoms with Crippen molar-refractivity contribution >= 4 is 44.9 Å². The molecule has 1 aromatic heterocycles. The summed E-state index contributed by atoms with van der Waals surface area (Å²) >= 11 is 8.25. The minimum absolute atomic E-state index is 0.0912. The maximum absolute atomic E-state index is 12.8. The monoisotopic (exact) mass is 529 g/mol. The number of carbonyl (C=O) groups is 2. The number of nitrogens with zero attached hydrogens (tertiary/aromatic N) is 1. The van der Waals surface area contributed by atoms with Crippen molar-refractivity contribution < 1.29 is 24.2 Å². The van der Waals surface area contributed by atoms with Gasteiger partial charge in [-0.2, -0.15) is 0 Å². The summed E-state index contributed by atoms with van der Waals surface area (Å²) in [4.78, 5) is 27.2. The van der Waals surface area contributed by atoms with Crippen molar-refractivity contribution in [1.82, 2.24) is 4.90 Å². The van der Waals surface area contributed by atoms with E-state index in [9.17, 15) is 14.7 Å². The molecule has 3 aromatic rings. The van der Waals surface area contributed by atoms with Gasteiger partial charge in [-0.3, -0.25) is 4.79 Å². The number of aliphatic hydroxyl groups excluding tert-OH is 1. The largest absolute Gasteiger partial charge is 0.482 e. The van der Waals surface area contributed by atoms with Crippen LogP contribution in [-0.2, 0) is 27.3 Å². The van der Waals surface area contributed by atoms with Crippen LogP contribution >= 0.6 is 22.9 Å². The molecule has 2 heterocycles. The standard InChI is InChI=1S/C28H32ClNO5S/c1-34-27(33)18-35-22-8-4-6-19(16-22)17-30-20(7-5-11-26(30)32)12-13-21(31)14-15-25-28(29)23-9-2-3-10-24(23)36-25/h2-4,6,8-10,16,20-21,31H,5,7,11-15,17-18H2,1H3/t20-,21?/m1/s1. The van der Waals surface area contributed by atoms with Crippen LogP contribution in [0.4, 0.5) is 0 Å². The van der Waals surface area contributed by atoms with Crippen LogP contribution in [0.5, 0.6) is 5.75 Å². The summed E-state index contributed by atoms with van der Waals surface area (Å²) in [6.07, 6.45) is 4.68. The van der Waals surface area contributed by atoms with E-state index in [4.69, 9.17) is 16.3 Å². The Hall–Kier alpha value is -2.61. The Morgan fingerprint density at radius 3 is 2.86 bits per heavy atom. The average molecular weight is 530 g/mol. The van der Waals surface area contributed by atoms with Crippen LogP contribution in [0.1, 0.15) is 49.0 Å². The molecule has 1 N–H and O–H groups in total. The molecule has 36 heavy (non-hydrogen) atoms. The molecular weight excluding hydrogens is 498 g/mol. The second kappa shape index (κ2) is 12.6. The van der Waals surface area contributed by atoms with Gasteiger partial charge in [-0.05, 0) is 62.3 Å². The number of rotatable bonds is 11. The van der Waals surface area contributed by atoms with Gasteiger partial charge in [-0.15, -0.1) is 11.3 Å². The third kappa shape index (κ3) is 6.78. The van der Waals surface area contributed by atoms with Gasteiger partial charge in [-0.25, -0.2) is 4.79 Å². The summed E-state index contributed by atoms with van der Waals surface area (Å²) in [7, 11) is 1.32. The number of benzene rings is 2. The zero-order chi connectivity index (χ0) is 25.5. The molecule has 4 rings (SSSR count). The SMILES string of the molecule is COC(=O)COc1cccc(CN2C(=O)CCC[C@@H]2CCC(O)CCc2sc3ccccc3c2Cl)c1. The molecule has 1 aliphatic heterocycles. The summed E-state index contributed by atoms with van der Waals surface area (Å²) in [5, 5.41) is 12.6. The highest BCUT2D eigenvalue weighted by Gasteiger charge is 2.28. The lowest BCUT2D eigenvalue weighted by Gasteiger charge is -2.36. The molecule has 2 aromatic carbocycles. The number of aryl methyl sites for hydroxylation is 1. The molecule has 192 valence electrons. The number of hydrogen-bond donors (Lipinski definition) is 1. The summed E-state index contributed by atoms with van der Waals surface area (Å²) < 4.78 is 11.3. The second-order valence-corrected chi connectivity index (χ2v) is 10.7. The first-order valence-corrected chi connectivity index (χ1v) is 13.6. The Balaban J connectivity index is 1.31. The molecule has 1 amide bonds. The normalized spacial score (nSPS) is 16.8. The highest BCUT2D eigenvalue weighted by molar-refractivity contribution is 7.19. The molecule has 6 nitrogen and oxygen atoms in total. The van der Waals surface area contributed by atoms with Gasteiger partial charge in [0.25, 0.3) is 0 Å². The van der Waals surface area contributed by atoms with E-state index in [1.165, 1.54) is 11.8 Å². The molecule has 0 bridgehead atoms. The molecule has 0 saturated carbocycles. The third-order valence-corrected chi connectivity index (χ3v) is 8.44. The number of likely N-dealkylation sites (tertiary alicyclic amines) is 1. The highest BCUT2D eigenvalue weighted by atomic mass is 35.5. The van der Waals surface area contributed by atoms with Crippen molar-refractivity contribution in [3.63, 3.8) is 0 Å². The van der Waals surface area contributed by atoms with Gasteiger partial charge in [0.2, 0.25) is 5.91 Å². The fourth-order valence-electron chi connectivity index (χ4n) is 4.69. The van der Waals surface area contributed by atoms with E-state index >= 15 is 0 Å². The fourth-order valence-corrected chi connectivity index (χ4v) is 6.24. The van der Waals surface area contributed by atoms with Gasteiger partial charge < -0.3 is 19.5 Å². The molecule has 1 fully saturated rings. The average Bonchev–Trinajstić information content (AvgIpc) is 3.22. The number of piperidine rings is 1. The first-order chi connectivity index (χ1) is 17.4. The number of ether oxygens (including phenoxy) is 2. The van der Waals surface area contributed by atoms with Gasteiger partial charge in [0, 0.05) is 34.0 Å². The van der Waals surface area contributed by atoms with Crippen molar-refractivity contribution in [2.24, 2.45) is 0 Å². The lowest BCUT2D eigenvalue weighted by atomic mass is 9.94. The zero-order valence-electron chi connectivity index (χ0n) is 20.5. The van der Waals surface area contributed by atoms with Gasteiger partial charge >= 0.3 is 5.97 Å². The molecule has 1 aliphatic rings. The van der Waals surface area contributed by atoms with Crippen molar-refractivity contribution in [2.45, 2.75) is 63.6 Å². The smallest absolute Gasteiger partial charge is 0.343 e. The minimum atomic E-state index is -0.445. The summed E-state index contributed by atoms with van der Waals surface area (Å²) in [6, 6.07) is 15.6. The summed E-state index contributed by atoms with van der Waals surface area (Å²) in [5.74, 6) is 0.257. The Morgan fingerprint density at radius 1 is 1.22 bits per heavy atom. The molecule has 0 spiro atoms. The number of halogens is 1. The van der Waals surface area contributed by atoms with E-state index in [1.54, 1.807) is 17.4 Å². The Bertz CT molecular complexity index is 1200. The number of aliphatic hydroxyl groups is 1. The van der Waals surface area contributed by atoms with Gasteiger partial charge in [0.15, 0.2) is 6.61 Å². The van der Waals surface area contributed by atoms with Gasteiger partial charge in [-0.1, -0.05) is 41.9 Å². The topological polar surface area (TPSA) is 76.1 Å². The predicted octanol–water partition coefficient (Wildman–Crippen LogP) is 5.76. The number of carbonyl (C=O) groups excluding carboxylic acids is 2. The van der Waals surface area contributed by atoms with E-state index < -0.39 is 12.1 Å². The number of esters is 1. The summed E-state index contributed by atoms with van der Waals surface area (Å²) in [5.41, 5.74) is 0.942. The number of methoxy groups -OCH3 is 1. The first kappa shape index (κ1) is 26.5. The van der Waals surface area contributed by atoms with Crippen LogP contribution in [0, 0.1) is 0 Å². The number of amides is 1. The summed E-state index contributed by atoms with van der Waals surface area (Å²) in [6.45, 7) is 0.322. The number of hydrogen-bond acceptors (Lipinski definition) is 6. The van der Waals surface area contributed by atoms with E-state index in [2.05, 4.69) is 10.8 Å². The molecular formula is C28H32ClNO5S. The van der Waals surface area contributed by atoms with Crippen molar-refractivity contribution in [3.8, 4) is 5.75 Å². The highest BCUT2D eigenvalue weighted by Crippen LogP contribution is 2.36. The van der Waals surface area contributed by atoms with Gasteiger partial charge in [0.05, 0.1) is 18.2 Å². The number of fused-ring (bicyclic) bond motifs is 1. The third-order valence-electron chi connectivity index (χ3n) is 6.66.